The van der Waals surface area contributed by atoms with Crippen molar-refractivity contribution in [3.05, 3.63) is 71.2 Å². The van der Waals surface area contributed by atoms with Crippen LogP contribution in [0, 0.1) is 12.7 Å². The van der Waals surface area contributed by atoms with Gasteiger partial charge in [-0.15, -0.1) is 0 Å². The summed E-state index contributed by atoms with van der Waals surface area (Å²) in [5.41, 5.74) is 3.84. The SMILES string of the molecule is Cc1ccc(S(N)(=O)=O)cc1C(=O)N1CC=C(c2c[nH]c3cc(F)ccc23)CC1. The number of H-pyrrole nitrogens is 1. The molecular formula is C21H20FN3O3S. The monoisotopic (exact) mass is 413 g/mol. The fourth-order valence-corrected chi connectivity index (χ4v) is 4.18. The first kappa shape index (κ1) is 19.4. The van der Waals surface area contributed by atoms with Gasteiger partial charge in [0.2, 0.25) is 10.0 Å². The van der Waals surface area contributed by atoms with Crippen molar-refractivity contribution in [2.75, 3.05) is 13.1 Å². The van der Waals surface area contributed by atoms with Gasteiger partial charge in [-0.05, 0) is 54.8 Å². The Bertz CT molecular complexity index is 1260. The van der Waals surface area contributed by atoms with Crippen LogP contribution in [0.3, 0.4) is 0 Å². The first-order valence-corrected chi connectivity index (χ1v) is 10.7. The highest BCUT2D eigenvalue weighted by molar-refractivity contribution is 7.89. The van der Waals surface area contributed by atoms with Gasteiger partial charge in [0, 0.05) is 41.3 Å². The Kier molecular flexibility index (Phi) is 4.76. The van der Waals surface area contributed by atoms with E-state index in [4.69, 9.17) is 5.14 Å². The van der Waals surface area contributed by atoms with Gasteiger partial charge in [-0.3, -0.25) is 4.79 Å². The maximum absolute atomic E-state index is 13.4. The summed E-state index contributed by atoms with van der Waals surface area (Å²) in [7, 11) is -3.88. The van der Waals surface area contributed by atoms with E-state index in [1.807, 2.05) is 12.3 Å². The summed E-state index contributed by atoms with van der Waals surface area (Å²) in [6.07, 6.45) is 4.48. The molecule has 2 heterocycles. The van der Waals surface area contributed by atoms with Crippen molar-refractivity contribution in [2.24, 2.45) is 5.14 Å². The Hall–Kier alpha value is -2.97. The molecule has 0 aliphatic carbocycles. The summed E-state index contributed by atoms with van der Waals surface area (Å²) in [6.45, 7) is 2.66. The van der Waals surface area contributed by atoms with Gasteiger partial charge in [-0.25, -0.2) is 17.9 Å². The first-order valence-electron chi connectivity index (χ1n) is 9.13. The van der Waals surface area contributed by atoms with Crippen molar-refractivity contribution in [3.63, 3.8) is 0 Å². The predicted octanol–water partition coefficient (Wildman–Crippen LogP) is 3.19. The van der Waals surface area contributed by atoms with Crippen LogP contribution in [0.1, 0.15) is 27.9 Å². The lowest BCUT2D eigenvalue weighted by Crippen LogP contribution is -2.35. The lowest BCUT2D eigenvalue weighted by atomic mass is 9.98. The molecule has 2 aromatic carbocycles. The normalized spacial score (nSPS) is 14.9. The topological polar surface area (TPSA) is 96.3 Å². The molecular weight excluding hydrogens is 393 g/mol. The van der Waals surface area contributed by atoms with Crippen molar-refractivity contribution in [3.8, 4) is 0 Å². The van der Waals surface area contributed by atoms with E-state index in [1.54, 1.807) is 24.0 Å². The van der Waals surface area contributed by atoms with Crippen molar-refractivity contribution in [1.82, 2.24) is 9.88 Å². The maximum Gasteiger partial charge on any atom is 0.254 e. The van der Waals surface area contributed by atoms with Crippen LogP contribution in [0.5, 0.6) is 0 Å². The second-order valence-electron chi connectivity index (χ2n) is 7.14. The second-order valence-corrected chi connectivity index (χ2v) is 8.71. The lowest BCUT2D eigenvalue weighted by molar-refractivity contribution is 0.0772. The molecule has 29 heavy (non-hydrogen) atoms. The number of aromatic amines is 1. The van der Waals surface area contributed by atoms with Crippen LogP contribution in [-0.2, 0) is 10.0 Å². The molecule has 3 aromatic rings. The third-order valence-electron chi connectivity index (χ3n) is 5.25. The number of halogens is 1. The number of nitrogens with two attached hydrogens (primary N) is 1. The van der Waals surface area contributed by atoms with E-state index in [9.17, 15) is 17.6 Å². The molecule has 1 aliphatic heterocycles. The van der Waals surface area contributed by atoms with Crippen LogP contribution < -0.4 is 5.14 Å². The fourth-order valence-electron chi connectivity index (χ4n) is 3.64. The number of fused-ring (bicyclic) bond motifs is 1. The number of sulfonamides is 1. The standard InChI is InChI=1S/C21H20FN3O3S/c1-13-2-4-16(29(23,27)28)11-18(13)21(26)25-8-6-14(7-9-25)19-12-24-20-10-15(22)3-5-17(19)20/h2-6,10-12,24H,7-9H2,1H3,(H2,23,27,28). The summed E-state index contributed by atoms with van der Waals surface area (Å²) in [6, 6.07) is 8.95. The van der Waals surface area contributed by atoms with E-state index < -0.39 is 10.0 Å². The average Bonchev–Trinajstić information content (AvgIpc) is 3.10. The molecule has 0 radical (unpaired) electrons. The molecule has 1 aromatic heterocycles. The summed E-state index contributed by atoms with van der Waals surface area (Å²) in [5, 5.41) is 6.13. The molecule has 0 spiro atoms. The Balaban J connectivity index is 1.59. The molecule has 0 unspecified atom stereocenters. The molecule has 8 heteroatoms. The Labute approximate surface area is 167 Å². The molecule has 3 N–H and O–H groups in total. The second kappa shape index (κ2) is 7.13. The van der Waals surface area contributed by atoms with Gasteiger partial charge in [-0.1, -0.05) is 12.1 Å². The molecule has 0 bridgehead atoms. The number of nitrogens with one attached hydrogen (secondary N) is 1. The van der Waals surface area contributed by atoms with Crippen LogP contribution in [0.15, 0.2) is 53.6 Å². The quantitative estimate of drug-likeness (QED) is 0.690. The Morgan fingerprint density at radius 3 is 2.69 bits per heavy atom. The number of primary sulfonamides is 1. The summed E-state index contributed by atoms with van der Waals surface area (Å²) in [5.74, 6) is -0.526. The smallest absolute Gasteiger partial charge is 0.254 e. The minimum Gasteiger partial charge on any atom is -0.360 e. The number of hydrogen-bond acceptors (Lipinski definition) is 3. The number of carbonyl (C=O) groups is 1. The van der Waals surface area contributed by atoms with Gasteiger partial charge in [0.15, 0.2) is 0 Å². The number of benzene rings is 2. The highest BCUT2D eigenvalue weighted by atomic mass is 32.2. The zero-order chi connectivity index (χ0) is 20.8. The van der Waals surface area contributed by atoms with E-state index in [-0.39, 0.29) is 16.6 Å². The van der Waals surface area contributed by atoms with Gasteiger partial charge in [0.1, 0.15) is 5.82 Å². The minimum atomic E-state index is -3.88. The van der Waals surface area contributed by atoms with Crippen molar-refractivity contribution < 1.29 is 17.6 Å². The molecule has 1 amide bonds. The molecule has 6 nitrogen and oxygen atoms in total. The van der Waals surface area contributed by atoms with Crippen molar-refractivity contribution >= 4 is 32.4 Å². The zero-order valence-corrected chi connectivity index (χ0v) is 16.6. The Morgan fingerprint density at radius 1 is 1.21 bits per heavy atom. The third-order valence-corrected chi connectivity index (χ3v) is 6.17. The summed E-state index contributed by atoms with van der Waals surface area (Å²) < 4.78 is 36.6. The largest absolute Gasteiger partial charge is 0.360 e. The molecule has 0 fully saturated rings. The average molecular weight is 413 g/mol. The molecule has 0 saturated heterocycles. The van der Waals surface area contributed by atoms with Gasteiger partial charge in [0.05, 0.1) is 4.90 Å². The van der Waals surface area contributed by atoms with Crippen LogP contribution in [0.4, 0.5) is 4.39 Å². The van der Waals surface area contributed by atoms with Crippen molar-refractivity contribution in [2.45, 2.75) is 18.2 Å². The number of hydrogen-bond donors (Lipinski definition) is 2. The van der Waals surface area contributed by atoms with Crippen molar-refractivity contribution in [1.29, 1.82) is 0 Å². The molecule has 1 aliphatic rings. The zero-order valence-electron chi connectivity index (χ0n) is 15.8. The Morgan fingerprint density at radius 2 is 2.00 bits per heavy atom. The number of amides is 1. The predicted molar refractivity (Wildman–Crippen MR) is 109 cm³/mol. The van der Waals surface area contributed by atoms with Gasteiger partial charge < -0.3 is 9.88 Å². The van der Waals surface area contributed by atoms with E-state index in [0.29, 0.717) is 30.6 Å². The maximum atomic E-state index is 13.4. The number of carbonyl (C=O) groups excluding carboxylic acids is 1. The number of aryl methyl sites for hydroxylation is 1. The van der Waals surface area contributed by atoms with Gasteiger partial charge >= 0.3 is 0 Å². The highest BCUT2D eigenvalue weighted by Gasteiger charge is 2.23. The van der Waals surface area contributed by atoms with Crippen LogP contribution >= 0.6 is 0 Å². The van der Waals surface area contributed by atoms with Gasteiger partial charge in [0.25, 0.3) is 5.91 Å². The van der Waals surface area contributed by atoms with E-state index >= 15 is 0 Å². The number of aromatic nitrogens is 1. The number of rotatable bonds is 3. The lowest BCUT2D eigenvalue weighted by Gasteiger charge is -2.27. The molecule has 150 valence electrons. The van der Waals surface area contributed by atoms with E-state index in [1.165, 1.54) is 24.3 Å². The summed E-state index contributed by atoms with van der Waals surface area (Å²) in [4.78, 5) is 17.6. The third kappa shape index (κ3) is 3.68. The first-order chi connectivity index (χ1) is 13.7. The molecule has 4 rings (SSSR count). The van der Waals surface area contributed by atoms with E-state index in [0.717, 1.165) is 22.0 Å². The molecule has 0 atom stereocenters. The molecule has 0 saturated carbocycles. The summed E-state index contributed by atoms with van der Waals surface area (Å²) >= 11 is 0. The van der Waals surface area contributed by atoms with Crippen LogP contribution in [0.2, 0.25) is 0 Å². The fraction of sp³-hybridized carbons (Fsp3) is 0.190. The highest BCUT2D eigenvalue weighted by Crippen LogP contribution is 2.30. The van der Waals surface area contributed by atoms with Gasteiger partial charge in [-0.2, -0.15) is 0 Å². The van der Waals surface area contributed by atoms with Crippen LogP contribution in [0.25, 0.3) is 16.5 Å². The number of nitrogens with zero attached hydrogens (tertiary/aromatic N) is 1. The van der Waals surface area contributed by atoms with E-state index in [2.05, 4.69) is 4.98 Å². The van der Waals surface area contributed by atoms with Crippen LogP contribution in [-0.4, -0.2) is 37.3 Å². The minimum absolute atomic E-state index is 0.0780.